The molecular weight excluding hydrogens is 180 g/mol. The molecule has 13 heavy (non-hydrogen) atoms. The fourth-order valence-electron chi connectivity index (χ4n) is 1.45. The number of rotatable bonds is 4. The minimum absolute atomic E-state index is 0.634. The van der Waals surface area contributed by atoms with Gasteiger partial charge in [-0.1, -0.05) is 32.0 Å². The van der Waals surface area contributed by atoms with Gasteiger partial charge in [-0.3, -0.25) is 4.99 Å². The van der Waals surface area contributed by atoms with E-state index in [-0.39, 0.29) is 0 Å². The van der Waals surface area contributed by atoms with E-state index in [1.165, 1.54) is 36.6 Å². The Hall–Kier alpha value is -0.180. The predicted octanol–water partition coefficient (Wildman–Crippen LogP) is 2.65. The van der Waals surface area contributed by atoms with Gasteiger partial charge < -0.3 is 5.32 Å². The van der Waals surface area contributed by atoms with E-state index in [0.29, 0.717) is 6.04 Å². The summed E-state index contributed by atoms with van der Waals surface area (Å²) in [5.41, 5.74) is 0. The third kappa shape index (κ3) is 4.03. The summed E-state index contributed by atoms with van der Waals surface area (Å²) in [6.07, 6.45) is 4.95. The standard InChI is InChI=1S/C10H20N2S/c1-3-6-9(4-2)12-10-11-7-5-8-13-10/h9H,3-8H2,1-2H3,(H,11,12). The molecule has 1 unspecified atom stereocenters. The van der Waals surface area contributed by atoms with Crippen LogP contribution in [0.15, 0.2) is 4.99 Å². The van der Waals surface area contributed by atoms with Crippen molar-refractivity contribution in [3.05, 3.63) is 0 Å². The van der Waals surface area contributed by atoms with Crippen LogP contribution in [0.5, 0.6) is 0 Å². The normalized spacial score (nSPS) is 19.4. The van der Waals surface area contributed by atoms with Crippen LogP contribution in [-0.2, 0) is 0 Å². The first-order valence-corrected chi connectivity index (χ1v) is 6.29. The van der Waals surface area contributed by atoms with Crippen molar-refractivity contribution in [3.8, 4) is 0 Å². The Balaban J connectivity index is 2.31. The van der Waals surface area contributed by atoms with Crippen LogP contribution in [0.2, 0.25) is 0 Å². The van der Waals surface area contributed by atoms with E-state index in [0.717, 1.165) is 6.54 Å². The second-order valence-corrected chi connectivity index (χ2v) is 4.51. The number of nitrogens with zero attached hydrogens (tertiary/aromatic N) is 1. The van der Waals surface area contributed by atoms with Crippen LogP contribution in [-0.4, -0.2) is 23.5 Å². The summed E-state index contributed by atoms with van der Waals surface area (Å²) in [5.74, 6) is 1.23. The summed E-state index contributed by atoms with van der Waals surface area (Å²) < 4.78 is 0. The molecule has 0 amide bonds. The van der Waals surface area contributed by atoms with Crippen LogP contribution in [0.4, 0.5) is 0 Å². The molecule has 1 rings (SSSR count). The Morgan fingerprint density at radius 2 is 2.38 bits per heavy atom. The first kappa shape index (κ1) is 10.9. The van der Waals surface area contributed by atoms with Crippen molar-refractivity contribution in [2.75, 3.05) is 12.3 Å². The SMILES string of the molecule is CCCC(CC)NC1=NCCCS1. The number of hydrogen-bond acceptors (Lipinski definition) is 3. The summed E-state index contributed by atoms with van der Waals surface area (Å²) in [6.45, 7) is 5.49. The smallest absolute Gasteiger partial charge is 0.156 e. The predicted molar refractivity (Wildman–Crippen MR) is 61.5 cm³/mol. The highest BCUT2D eigenvalue weighted by molar-refractivity contribution is 8.13. The minimum atomic E-state index is 0.634. The molecule has 76 valence electrons. The minimum Gasteiger partial charge on any atom is -0.362 e. The third-order valence-electron chi connectivity index (χ3n) is 2.25. The molecule has 1 aliphatic rings. The molecule has 3 heteroatoms. The van der Waals surface area contributed by atoms with Crippen LogP contribution in [0.3, 0.4) is 0 Å². The van der Waals surface area contributed by atoms with Gasteiger partial charge in [0.25, 0.3) is 0 Å². The molecule has 0 aliphatic carbocycles. The molecule has 0 fully saturated rings. The Morgan fingerprint density at radius 3 is 2.92 bits per heavy atom. The molecule has 0 saturated heterocycles. The van der Waals surface area contributed by atoms with Gasteiger partial charge in [0.2, 0.25) is 0 Å². The molecule has 0 radical (unpaired) electrons. The second kappa shape index (κ2) is 6.30. The summed E-state index contributed by atoms with van der Waals surface area (Å²) in [6, 6.07) is 0.634. The maximum Gasteiger partial charge on any atom is 0.156 e. The van der Waals surface area contributed by atoms with E-state index in [1.54, 1.807) is 0 Å². The molecule has 0 bridgehead atoms. The van der Waals surface area contributed by atoms with Gasteiger partial charge in [0, 0.05) is 18.3 Å². The Labute approximate surface area is 85.6 Å². The molecular formula is C10H20N2S. The van der Waals surface area contributed by atoms with Crippen molar-refractivity contribution in [2.24, 2.45) is 4.99 Å². The van der Waals surface area contributed by atoms with Gasteiger partial charge >= 0.3 is 0 Å². The molecule has 0 aromatic rings. The third-order valence-corrected chi connectivity index (χ3v) is 3.27. The summed E-state index contributed by atoms with van der Waals surface area (Å²) >= 11 is 1.87. The molecule has 1 heterocycles. The van der Waals surface area contributed by atoms with E-state index in [2.05, 4.69) is 24.2 Å². The quantitative estimate of drug-likeness (QED) is 0.754. The maximum atomic E-state index is 4.47. The lowest BCUT2D eigenvalue weighted by molar-refractivity contribution is 0.538. The maximum absolute atomic E-state index is 4.47. The van der Waals surface area contributed by atoms with Crippen molar-refractivity contribution in [3.63, 3.8) is 0 Å². The zero-order valence-electron chi connectivity index (χ0n) is 8.68. The second-order valence-electron chi connectivity index (χ2n) is 3.43. The molecule has 1 N–H and O–H groups in total. The number of aliphatic imine (C=N–C) groups is 1. The van der Waals surface area contributed by atoms with Gasteiger partial charge in [-0.25, -0.2) is 0 Å². The van der Waals surface area contributed by atoms with Crippen molar-refractivity contribution in [1.29, 1.82) is 0 Å². The first-order chi connectivity index (χ1) is 6.36. The van der Waals surface area contributed by atoms with Gasteiger partial charge in [0.05, 0.1) is 0 Å². The Bertz CT molecular complexity index is 168. The monoisotopic (exact) mass is 200 g/mol. The average molecular weight is 200 g/mol. The van der Waals surface area contributed by atoms with Crippen LogP contribution in [0, 0.1) is 0 Å². The topological polar surface area (TPSA) is 24.4 Å². The molecule has 0 spiro atoms. The van der Waals surface area contributed by atoms with Gasteiger partial charge in [0.1, 0.15) is 0 Å². The molecule has 1 aliphatic heterocycles. The zero-order valence-corrected chi connectivity index (χ0v) is 9.49. The van der Waals surface area contributed by atoms with Crippen molar-refractivity contribution < 1.29 is 0 Å². The summed E-state index contributed by atoms with van der Waals surface area (Å²) in [7, 11) is 0. The Kier molecular flexibility index (Phi) is 5.28. The summed E-state index contributed by atoms with van der Waals surface area (Å²) in [5, 5.41) is 4.69. The molecule has 0 saturated carbocycles. The largest absolute Gasteiger partial charge is 0.362 e. The van der Waals surface area contributed by atoms with Gasteiger partial charge in [-0.05, 0) is 19.3 Å². The lowest BCUT2D eigenvalue weighted by Gasteiger charge is -2.20. The van der Waals surface area contributed by atoms with Gasteiger partial charge in [0.15, 0.2) is 5.17 Å². The van der Waals surface area contributed by atoms with Crippen molar-refractivity contribution in [1.82, 2.24) is 5.32 Å². The first-order valence-electron chi connectivity index (χ1n) is 5.30. The number of nitrogens with one attached hydrogen (secondary N) is 1. The fourth-order valence-corrected chi connectivity index (χ4v) is 2.35. The van der Waals surface area contributed by atoms with Gasteiger partial charge in [-0.15, -0.1) is 0 Å². The molecule has 2 nitrogen and oxygen atoms in total. The van der Waals surface area contributed by atoms with Crippen molar-refractivity contribution >= 4 is 16.9 Å². The molecule has 0 aromatic carbocycles. The van der Waals surface area contributed by atoms with Crippen LogP contribution in [0.1, 0.15) is 39.5 Å². The fraction of sp³-hybridized carbons (Fsp3) is 0.900. The van der Waals surface area contributed by atoms with Gasteiger partial charge in [-0.2, -0.15) is 0 Å². The highest BCUT2D eigenvalue weighted by atomic mass is 32.2. The van der Waals surface area contributed by atoms with E-state index in [4.69, 9.17) is 0 Å². The number of thioether (sulfide) groups is 1. The lowest BCUT2D eigenvalue weighted by Crippen LogP contribution is -2.33. The highest BCUT2D eigenvalue weighted by Crippen LogP contribution is 2.12. The molecule has 1 atom stereocenters. The summed E-state index contributed by atoms with van der Waals surface area (Å²) in [4.78, 5) is 4.47. The van der Waals surface area contributed by atoms with E-state index < -0.39 is 0 Å². The van der Waals surface area contributed by atoms with Crippen LogP contribution in [0.25, 0.3) is 0 Å². The van der Waals surface area contributed by atoms with E-state index in [9.17, 15) is 0 Å². The van der Waals surface area contributed by atoms with Crippen molar-refractivity contribution in [2.45, 2.75) is 45.6 Å². The van der Waals surface area contributed by atoms with Crippen LogP contribution >= 0.6 is 11.8 Å². The number of amidine groups is 1. The lowest BCUT2D eigenvalue weighted by atomic mass is 10.1. The van der Waals surface area contributed by atoms with E-state index in [1.807, 2.05) is 11.8 Å². The van der Waals surface area contributed by atoms with Crippen LogP contribution < -0.4 is 5.32 Å². The molecule has 0 aromatic heterocycles. The highest BCUT2D eigenvalue weighted by Gasteiger charge is 2.10. The average Bonchev–Trinajstić information content (AvgIpc) is 2.19. The van der Waals surface area contributed by atoms with E-state index >= 15 is 0 Å². The zero-order chi connectivity index (χ0) is 9.52. The Morgan fingerprint density at radius 1 is 1.54 bits per heavy atom. The number of hydrogen-bond donors (Lipinski definition) is 1.